The predicted molar refractivity (Wildman–Crippen MR) is 130 cm³/mol. The number of carbonyl (C=O) groups excluding carboxylic acids is 2. The maximum absolute atomic E-state index is 12.3. The summed E-state index contributed by atoms with van der Waals surface area (Å²) in [5, 5.41) is 2.44. The lowest BCUT2D eigenvalue weighted by Gasteiger charge is -2.14. The second kappa shape index (κ2) is 12.0. The van der Waals surface area contributed by atoms with Crippen molar-refractivity contribution in [3.8, 4) is 11.5 Å². The summed E-state index contributed by atoms with van der Waals surface area (Å²) >= 11 is 11.8. The molecule has 0 aliphatic carbocycles. The molecule has 0 bridgehead atoms. The van der Waals surface area contributed by atoms with Gasteiger partial charge in [-0.25, -0.2) is 0 Å². The number of halogens is 2. The Balaban J connectivity index is 1.80. The fourth-order valence-corrected chi connectivity index (χ4v) is 3.54. The van der Waals surface area contributed by atoms with Crippen LogP contribution in [0.3, 0.4) is 0 Å². The van der Waals surface area contributed by atoms with Gasteiger partial charge in [-0.3, -0.25) is 25.8 Å². The summed E-state index contributed by atoms with van der Waals surface area (Å²) in [5.41, 5.74) is 6.39. The number of hydrogen-bond acceptors (Lipinski definition) is 5. The Hall–Kier alpha value is -2.17. The zero-order valence-corrected chi connectivity index (χ0v) is 21.2. The lowest BCUT2D eigenvalue weighted by atomic mass is 10.2. The van der Waals surface area contributed by atoms with Crippen molar-refractivity contribution in [1.82, 2.24) is 16.2 Å². The number of carbonyl (C=O) groups is 2. The van der Waals surface area contributed by atoms with Crippen LogP contribution in [0.5, 0.6) is 11.5 Å². The monoisotopic (exact) mass is 571 g/mol. The summed E-state index contributed by atoms with van der Waals surface area (Å²) in [7, 11) is 0. The van der Waals surface area contributed by atoms with Gasteiger partial charge in [0.1, 0.15) is 11.5 Å². The quantitative estimate of drug-likeness (QED) is 0.339. The molecule has 166 valence electrons. The molecule has 0 atom stereocenters. The van der Waals surface area contributed by atoms with Crippen molar-refractivity contribution >= 4 is 61.0 Å². The first kappa shape index (κ1) is 25.1. The molecule has 2 aromatic carbocycles. The molecular weight excluding hydrogens is 550 g/mol. The Morgan fingerprint density at radius 3 is 2.32 bits per heavy atom. The van der Waals surface area contributed by atoms with Crippen molar-refractivity contribution in [3.05, 3.63) is 56.5 Å². The Bertz CT molecular complexity index is 970. The normalized spacial score (nSPS) is 10.4. The number of ether oxygens (including phenoxy) is 2. The van der Waals surface area contributed by atoms with E-state index in [2.05, 4.69) is 55.0 Å². The summed E-state index contributed by atoms with van der Waals surface area (Å²) in [6.45, 7) is 5.66. The van der Waals surface area contributed by atoms with E-state index in [9.17, 15) is 9.59 Å². The van der Waals surface area contributed by atoms with Crippen LogP contribution in [0.25, 0.3) is 0 Å². The minimum atomic E-state index is -0.457. The van der Waals surface area contributed by atoms with Crippen molar-refractivity contribution in [3.63, 3.8) is 0 Å². The van der Waals surface area contributed by atoms with Crippen LogP contribution in [0.4, 0.5) is 0 Å². The molecule has 31 heavy (non-hydrogen) atoms. The van der Waals surface area contributed by atoms with Crippen molar-refractivity contribution in [1.29, 1.82) is 0 Å². The topological polar surface area (TPSA) is 88.7 Å². The molecule has 2 rings (SSSR count). The molecule has 2 amide bonds. The van der Waals surface area contributed by atoms with Gasteiger partial charge in [0.2, 0.25) is 0 Å². The molecule has 0 unspecified atom stereocenters. The number of amides is 2. The van der Waals surface area contributed by atoms with E-state index in [1.54, 1.807) is 24.3 Å². The third kappa shape index (κ3) is 8.12. The molecule has 0 saturated heterocycles. The van der Waals surface area contributed by atoms with Crippen LogP contribution in [0, 0.1) is 0 Å². The molecule has 10 heteroatoms. The van der Waals surface area contributed by atoms with Crippen molar-refractivity contribution in [2.75, 3.05) is 6.61 Å². The van der Waals surface area contributed by atoms with Crippen LogP contribution in [-0.2, 0) is 11.2 Å². The van der Waals surface area contributed by atoms with Gasteiger partial charge in [-0.1, -0.05) is 13.0 Å². The lowest BCUT2D eigenvalue weighted by molar-refractivity contribution is -0.123. The van der Waals surface area contributed by atoms with Crippen LogP contribution in [0.15, 0.2) is 45.3 Å². The molecule has 0 heterocycles. The number of aryl methyl sites for hydroxylation is 1. The van der Waals surface area contributed by atoms with Gasteiger partial charge < -0.3 is 9.47 Å². The van der Waals surface area contributed by atoms with Crippen molar-refractivity contribution in [2.45, 2.75) is 33.3 Å². The van der Waals surface area contributed by atoms with Gasteiger partial charge in [-0.2, -0.15) is 0 Å². The minimum Gasteiger partial charge on any atom is -0.490 e. The van der Waals surface area contributed by atoms with E-state index >= 15 is 0 Å². The molecular formula is C21H23Br2N3O4S. The van der Waals surface area contributed by atoms with E-state index in [1.807, 2.05) is 26.0 Å². The number of rotatable bonds is 7. The summed E-state index contributed by atoms with van der Waals surface area (Å²) in [5.74, 6) is 0.301. The van der Waals surface area contributed by atoms with E-state index in [0.29, 0.717) is 21.5 Å². The smallest absolute Gasteiger partial charge is 0.276 e. The Kier molecular flexibility index (Phi) is 9.73. The van der Waals surface area contributed by atoms with E-state index in [1.165, 1.54) is 0 Å². The molecule has 7 nitrogen and oxygen atoms in total. The van der Waals surface area contributed by atoms with Crippen LogP contribution in [0.1, 0.15) is 36.7 Å². The average Bonchev–Trinajstić information content (AvgIpc) is 2.72. The maximum atomic E-state index is 12.3. The van der Waals surface area contributed by atoms with E-state index in [4.69, 9.17) is 21.7 Å². The largest absolute Gasteiger partial charge is 0.490 e. The van der Waals surface area contributed by atoms with Gasteiger partial charge >= 0.3 is 0 Å². The Morgan fingerprint density at radius 1 is 1.03 bits per heavy atom. The second-order valence-electron chi connectivity index (χ2n) is 6.68. The second-order valence-corrected chi connectivity index (χ2v) is 8.79. The fraction of sp³-hybridized carbons (Fsp3) is 0.286. The molecule has 3 N–H and O–H groups in total. The molecule has 0 spiro atoms. The number of thiocarbonyl (C=S) groups is 1. The first-order valence-corrected chi connectivity index (χ1v) is 11.5. The first-order chi connectivity index (χ1) is 14.7. The fourth-order valence-electron chi connectivity index (χ4n) is 2.39. The van der Waals surface area contributed by atoms with Crippen molar-refractivity contribution < 1.29 is 19.1 Å². The van der Waals surface area contributed by atoms with Crippen LogP contribution >= 0.6 is 44.1 Å². The molecule has 0 aliphatic heterocycles. The van der Waals surface area contributed by atoms with E-state index in [-0.39, 0.29) is 17.8 Å². The summed E-state index contributed by atoms with van der Waals surface area (Å²) < 4.78 is 12.5. The molecule has 0 aromatic heterocycles. The summed E-state index contributed by atoms with van der Waals surface area (Å²) in [6, 6.07) is 10.6. The number of hydrogen-bond donors (Lipinski definition) is 3. The van der Waals surface area contributed by atoms with Gasteiger partial charge in [0.15, 0.2) is 11.7 Å². The Morgan fingerprint density at radius 2 is 1.71 bits per heavy atom. The highest BCUT2D eigenvalue weighted by atomic mass is 79.9. The maximum Gasteiger partial charge on any atom is 0.276 e. The molecule has 0 saturated carbocycles. The molecule has 0 radical (unpaired) electrons. The van der Waals surface area contributed by atoms with Crippen LogP contribution < -0.4 is 25.6 Å². The summed E-state index contributed by atoms with van der Waals surface area (Å²) in [6.07, 6.45) is 0.913. The SMILES string of the molecule is CCc1ccc(OCC(=O)NNC(=S)NC(=O)c2ccc(OC(C)C)c(Br)c2)c(Br)c1. The third-order valence-electron chi connectivity index (χ3n) is 3.86. The van der Waals surface area contributed by atoms with Gasteiger partial charge in [0.25, 0.3) is 11.8 Å². The van der Waals surface area contributed by atoms with E-state index < -0.39 is 11.8 Å². The third-order valence-corrected chi connectivity index (χ3v) is 5.31. The molecule has 0 fully saturated rings. The highest BCUT2D eigenvalue weighted by Gasteiger charge is 2.12. The summed E-state index contributed by atoms with van der Waals surface area (Å²) in [4.78, 5) is 24.3. The zero-order valence-electron chi connectivity index (χ0n) is 17.3. The standard InChI is InChI=1S/C21H23Br2N3O4S/c1-4-13-5-7-17(15(22)9-13)29-11-19(27)25-26-21(31)24-20(28)14-6-8-18(16(23)10-14)30-12(2)3/h5-10,12H,4,11H2,1-3H3,(H,25,27)(H2,24,26,28,31). The number of nitrogens with one attached hydrogen (secondary N) is 3. The van der Waals surface area contributed by atoms with Crippen LogP contribution in [0.2, 0.25) is 0 Å². The number of hydrazine groups is 1. The Labute approximate surface area is 203 Å². The van der Waals surface area contributed by atoms with Gasteiger partial charge in [0.05, 0.1) is 15.0 Å². The minimum absolute atomic E-state index is 0.0113. The van der Waals surface area contributed by atoms with Gasteiger partial charge in [0, 0.05) is 5.56 Å². The van der Waals surface area contributed by atoms with Crippen LogP contribution in [-0.4, -0.2) is 29.6 Å². The van der Waals surface area contributed by atoms with E-state index in [0.717, 1.165) is 16.5 Å². The van der Waals surface area contributed by atoms with Gasteiger partial charge in [-0.15, -0.1) is 0 Å². The highest BCUT2D eigenvalue weighted by molar-refractivity contribution is 9.10. The zero-order chi connectivity index (χ0) is 23.0. The predicted octanol–water partition coefficient (Wildman–Crippen LogP) is 4.28. The highest BCUT2D eigenvalue weighted by Crippen LogP contribution is 2.27. The average molecular weight is 573 g/mol. The molecule has 0 aliphatic rings. The van der Waals surface area contributed by atoms with Crippen molar-refractivity contribution in [2.24, 2.45) is 0 Å². The van der Waals surface area contributed by atoms with Gasteiger partial charge in [-0.05, 0) is 100 Å². The molecule has 2 aromatic rings. The first-order valence-electron chi connectivity index (χ1n) is 9.47. The number of benzene rings is 2. The lowest BCUT2D eigenvalue weighted by Crippen LogP contribution is -2.49.